The third-order valence-electron chi connectivity index (χ3n) is 4.91. The molecule has 3 aromatic rings. The van der Waals surface area contributed by atoms with Crippen molar-refractivity contribution in [2.75, 3.05) is 18.5 Å². The van der Waals surface area contributed by atoms with Gasteiger partial charge in [-0.2, -0.15) is 5.10 Å². The van der Waals surface area contributed by atoms with Crippen molar-refractivity contribution in [3.63, 3.8) is 0 Å². The summed E-state index contributed by atoms with van der Waals surface area (Å²) >= 11 is 0. The van der Waals surface area contributed by atoms with Crippen molar-refractivity contribution in [2.45, 2.75) is 38.9 Å². The highest BCUT2D eigenvalue weighted by Gasteiger charge is 2.18. The Labute approximate surface area is 159 Å². The van der Waals surface area contributed by atoms with Crippen molar-refractivity contribution in [2.24, 2.45) is 4.99 Å². The molecule has 0 aliphatic carbocycles. The number of hydrogen-bond donors (Lipinski definition) is 1. The zero-order valence-corrected chi connectivity index (χ0v) is 15.6. The van der Waals surface area contributed by atoms with Crippen LogP contribution in [-0.2, 0) is 17.8 Å². The van der Waals surface area contributed by atoms with E-state index in [9.17, 15) is 0 Å². The fraction of sp³-hybridized carbons (Fsp3) is 0.381. The maximum Gasteiger partial charge on any atom is 0.159 e. The molecule has 4 rings (SSSR count). The van der Waals surface area contributed by atoms with Crippen LogP contribution in [0.25, 0.3) is 11.0 Å². The smallest absolute Gasteiger partial charge is 0.159 e. The fourth-order valence-electron chi connectivity index (χ4n) is 3.41. The number of anilines is 1. The van der Waals surface area contributed by atoms with Gasteiger partial charge in [0.25, 0.3) is 0 Å². The Hall–Kier alpha value is -2.73. The SMILES string of the molecule is CCn1ncc2c(NC3CCOCC3)c(/C=N/Cc3ccccc3)cnc21. The molecule has 140 valence electrons. The zero-order chi connectivity index (χ0) is 18.5. The summed E-state index contributed by atoms with van der Waals surface area (Å²) < 4.78 is 7.42. The Balaban J connectivity index is 1.64. The maximum absolute atomic E-state index is 5.50. The number of fused-ring (bicyclic) bond motifs is 1. The normalized spacial score (nSPS) is 15.6. The van der Waals surface area contributed by atoms with Crippen LogP contribution in [0.3, 0.4) is 0 Å². The van der Waals surface area contributed by atoms with E-state index in [-0.39, 0.29) is 0 Å². The molecule has 1 saturated heterocycles. The minimum Gasteiger partial charge on any atom is -0.381 e. The summed E-state index contributed by atoms with van der Waals surface area (Å²) in [5, 5.41) is 9.24. The van der Waals surface area contributed by atoms with Crippen LogP contribution in [0.1, 0.15) is 30.9 Å². The Morgan fingerprint density at radius 1 is 1.22 bits per heavy atom. The first-order chi connectivity index (χ1) is 13.3. The van der Waals surface area contributed by atoms with Crippen molar-refractivity contribution in [3.05, 3.63) is 53.9 Å². The van der Waals surface area contributed by atoms with Crippen molar-refractivity contribution < 1.29 is 4.74 Å². The van der Waals surface area contributed by atoms with Gasteiger partial charge in [0.05, 0.1) is 23.8 Å². The van der Waals surface area contributed by atoms with E-state index in [1.54, 1.807) is 0 Å². The van der Waals surface area contributed by atoms with Crippen LogP contribution in [0.5, 0.6) is 0 Å². The summed E-state index contributed by atoms with van der Waals surface area (Å²) in [7, 11) is 0. The minimum atomic E-state index is 0.399. The molecule has 0 saturated carbocycles. The third-order valence-corrected chi connectivity index (χ3v) is 4.91. The molecule has 3 heterocycles. The first-order valence-electron chi connectivity index (χ1n) is 9.57. The average Bonchev–Trinajstić information content (AvgIpc) is 3.14. The molecule has 1 aliphatic rings. The Morgan fingerprint density at radius 2 is 2.04 bits per heavy atom. The molecule has 1 aliphatic heterocycles. The van der Waals surface area contributed by atoms with Gasteiger partial charge in [0.2, 0.25) is 0 Å². The third kappa shape index (κ3) is 4.01. The van der Waals surface area contributed by atoms with Gasteiger partial charge in [0.1, 0.15) is 0 Å². The summed E-state index contributed by atoms with van der Waals surface area (Å²) in [5.41, 5.74) is 4.18. The highest BCUT2D eigenvalue weighted by atomic mass is 16.5. The predicted molar refractivity (Wildman–Crippen MR) is 108 cm³/mol. The lowest BCUT2D eigenvalue weighted by Gasteiger charge is -2.25. The second-order valence-electron chi connectivity index (χ2n) is 6.77. The molecule has 0 atom stereocenters. The van der Waals surface area contributed by atoms with Crippen LogP contribution in [0, 0.1) is 0 Å². The number of pyridine rings is 1. The number of benzene rings is 1. The number of ether oxygens (including phenoxy) is 1. The molecule has 0 amide bonds. The van der Waals surface area contributed by atoms with Gasteiger partial charge in [-0.05, 0) is 25.3 Å². The van der Waals surface area contributed by atoms with Gasteiger partial charge in [0.15, 0.2) is 5.65 Å². The second-order valence-corrected chi connectivity index (χ2v) is 6.77. The lowest BCUT2D eigenvalue weighted by molar-refractivity contribution is 0.0905. The summed E-state index contributed by atoms with van der Waals surface area (Å²) in [6.07, 6.45) is 7.73. The second kappa shape index (κ2) is 8.31. The largest absolute Gasteiger partial charge is 0.381 e. The lowest BCUT2D eigenvalue weighted by atomic mass is 10.1. The van der Waals surface area contributed by atoms with E-state index >= 15 is 0 Å². The van der Waals surface area contributed by atoms with E-state index in [0.717, 1.165) is 54.9 Å². The zero-order valence-electron chi connectivity index (χ0n) is 15.6. The fourth-order valence-corrected chi connectivity index (χ4v) is 3.41. The summed E-state index contributed by atoms with van der Waals surface area (Å²) in [6, 6.07) is 10.7. The quantitative estimate of drug-likeness (QED) is 0.679. The van der Waals surface area contributed by atoms with E-state index in [1.165, 1.54) is 5.56 Å². The van der Waals surface area contributed by atoms with Gasteiger partial charge in [-0.3, -0.25) is 4.99 Å². The summed E-state index contributed by atoms with van der Waals surface area (Å²) in [6.45, 7) is 5.14. The highest BCUT2D eigenvalue weighted by Crippen LogP contribution is 2.27. The van der Waals surface area contributed by atoms with Crippen LogP contribution < -0.4 is 5.32 Å². The topological polar surface area (TPSA) is 64.3 Å². The van der Waals surface area contributed by atoms with Crippen LogP contribution in [-0.4, -0.2) is 40.2 Å². The standard InChI is InChI=1S/C21H25N5O/c1-2-26-21-19(15-24-26)20(25-18-8-10-27-11-9-18)17(14-23-21)13-22-12-16-6-4-3-5-7-16/h3-7,13-15,18H,2,8-12H2,1H3,(H,23,25)/b22-13+. The Kier molecular flexibility index (Phi) is 5.44. The number of nitrogens with zero attached hydrogens (tertiary/aromatic N) is 4. The number of rotatable bonds is 6. The van der Waals surface area contributed by atoms with Gasteiger partial charge >= 0.3 is 0 Å². The molecular weight excluding hydrogens is 338 g/mol. The van der Waals surface area contributed by atoms with E-state index < -0.39 is 0 Å². The molecule has 0 radical (unpaired) electrons. The molecule has 6 heteroatoms. The number of hydrogen-bond acceptors (Lipinski definition) is 5. The van der Waals surface area contributed by atoms with Crippen molar-refractivity contribution in [1.29, 1.82) is 0 Å². The number of aliphatic imine (C=N–C) groups is 1. The van der Waals surface area contributed by atoms with E-state index in [1.807, 2.05) is 41.5 Å². The molecule has 0 bridgehead atoms. The van der Waals surface area contributed by atoms with Crippen LogP contribution in [0.4, 0.5) is 5.69 Å². The molecule has 0 unspecified atom stereocenters. The van der Waals surface area contributed by atoms with Gasteiger partial charge in [-0.15, -0.1) is 0 Å². The monoisotopic (exact) mass is 363 g/mol. The molecule has 27 heavy (non-hydrogen) atoms. The maximum atomic E-state index is 5.50. The molecule has 0 spiro atoms. The van der Waals surface area contributed by atoms with E-state index in [2.05, 4.69) is 39.4 Å². The molecule has 6 nitrogen and oxygen atoms in total. The Morgan fingerprint density at radius 3 is 2.81 bits per heavy atom. The van der Waals surface area contributed by atoms with Crippen molar-refractivity contribution in [3.8, 4) is 0 Å². The summed E-state index contributed by atoms with van der Waals surface area (Å²) in [5.74, 6) is 0. The van der Waals surface area contributed by atoms with Gasteiger partial charge in [-0.1, -0.05) is 30.3 Å². The highest BCUT2D eigenvalue weighted by molar-refractivity contribution is 6.00. The Bertz CT molecular complexity index is 913. The molecule has 1 N–H and O–H groups in total. The van der Waals surface area contributed by atoms with Gasteiger partial charge in [-0.25, -0.2) is 9.67 Å². The van der Waals surface area contributed by atoms with E-state index in [0.29, 0.717) is 12.6 Å². The van der Waals surface area contributed by atoms with Crippen LogP contribution >= 0.6 is 0 Å². The predicted octanol–water partition coefficient (Wildman–Crippen LogP) is 3.66. The van der Waals surface area contributed by atoms with Crippen LogP contribution in [0.15, 0.2) is 47.7 Å². The first-order valence-corrected chi connectivity index (χ1v) is 9.57. The van der Waals surface area contributed by atoms with Gasteiger partial charge in [0, 0.05) is 43.8 Å². The minimum absolute atomic E-state index is 0.399. The molecular formula is C21H25N5O. The lowest BCUT2D eigenvalue weighted by Crippen LogP contribution is -2.28. The summed E-state index contributed by atoms with van der Waals surface area (Å²) in [4.78, 5) is 9.28. The van der Waals surface area contributed by atoms with Crippen LogP contribution in [0.2, 0.25) is 0 Å². The number of nitrogens with one attached hydrogen (secondary N) is 1. The molecule has 2 aromatic heterocycles. The van der Waals surface area contributed by atoms with E-state index in [4.69, 9.17) is 4.74 Å². The van der Waals surface area contributed by atoms with Gasteiger partial charge < -0.3 is 10.1 Å². The number of aryl methyl sites for hydroxylation is 1. The first kappa shape index (κ1) is 17.7. The van der Waals surface area contributed by atoms with Crippen molar-refractivity contribution in [1.82, 2.24) is 14.8 Å². The molecule has 1 aromatic carbocycles. The molecule has 1 fully saturated rings. The van der Waals surface area contributed by atoms with Crippen molar-refractivity contribution >= 4 is 22.9 Å². The average molecular weight is 363 g/mol. The number of aromatic nitrogens is 3.